The molecule has 4 N–H and O–H groups in total. The van der Waals surface area contributed by atoms with Gasteiger partial charge in [-0.05, 0) is 45.3 Å². The number of carbonyl (C=O) groups excluding carboxylic acids is 1. The van der Waals surface area contributed by atoms with E-state index in [1.165, 1.54) is 35.9 Å². The molecule has 35 heavy (non-hydrogen) atoms. The van der Waals surface area contributed by atoms with Crippen LogP contribution in [-0.4, -0.2) is 62.2 Å². The van der Waals surface area contributed by atoms with Crippen molar-refractivity contribution < 1.29 is 17.6 Å². The molecule has 0 saturated heterocycles. The first-order valence-corrected chi connectivity index (χ1v) is 12.1. The van der Waals surface area contributed by atoms with Crippen molar-refractivity contribution in [1.82, 2.24) is 19.8 Å². The number of hydrogen-bond acceptors (Lipinski definition) is 7. The number of anilines is 2. The van der Waals surface area contributed by atoms with Gasteiger partial charge in [0, 0.05) is 25.7 Å². The highest BCUT2D eigenvalue weighted by atomic mass is 35.5. The van der Waals surface area contributed by atoms with Crippen LogP contribution in [-0.2, 0) is 16.6 Å². The van der Waals surface area contributed by atoms with E-state index in [1.807, 2.05) is 0 Å². The molecule has 0 aliphatic rings. The highest BCUT2D eigenvalue weighted by molar-refractivity contribution is 7.92. The molecule has 0 aliphatic carbocycles. The minimum atomic E-state index is -3.72. The molecule has 0 atom stereocenters. The number of fused-ring (bicyclic) bond motifs is 1. The Morgan fingerprint density at radius 1 is 1.23 bits per heavy atom. The van der Waals surface area contributed by atoms with E-state index in [-0.39, 0.29) is 46.3 Å². The van der Waals surface area contributed by atoms with E-state index < -0.39 is 27.2 Å². The summed E-state index contributed by atoms with van der Waals surface area (Å²) < 4.78 is 42.9. The number of sulfonamides is 1. The summed E-state index contributed by atoms with van der Waals surface area (Å²) in [6.07, 6.45) is 0. The van der Waals surface area contributed by atoms with Gasteiger partial charge >= 0.3 is 0 Å². The number of nitrogens with one attached hydrogen (secondary N) is 2. The maximum Gasteiger partial charge on any atom is 0.258 e. The topological polar surface area (TPSA) is 139 Å². The van der Waals surface area contributed by atoms with Gasteiger partial charge in [0.15, 0.2) is 0 Å². The maximum absolute atomic E-state index is 14.7. The largest absolute Gasteiger partial charge is 0.384 e. The number of aryl methyl sites for hydroxylation is 1. The second kappa shape index (κ2) is 11.0. The van der Waals surface area contributed by atoms with Crippen molar-refractivity contribution in [2.45, 2.75) is 13.5 Å². The number of halogens is 2. The fraction of sp³-hybridized carbons (Fsp3) is 0.318. The van der Waals surface area contributed by atoms with Crippen LogP contribution in [0.4, 0.5) is 15.9 Å². The van der Waals surface area contributed by atoms with Gasteiger partial charge in [0.1, 0.15) is 22.8 Å². The summed E-state index contributed by atoms with van der Waals surface area (Å²) in [6, 6.07) is 7.04. The molecular weight excluding hydrogens is 499 g/mol. The second-order valence-corrected chi connectivity index (χ2v) is 9.74. The Morgan fingerprint density at radius 3 is 2.49 bits per heavy atom. The van der Waals surface area contributed by atoms with E-state index in [4.69, 9.17) is 5.73 Å². The van der Waals surface area contributed by atoms with Crippen LogP contribution in [0.1, 0.15) is 17.3 Å². The number of amides is 1. The van der Waals surface area contributed by atoms with E-state index in [9.17, 15) is 22.4 Å². The molecule has 0 saturated carbocycles. The lowest BCUT2D eigenvalue weighted by atomic mass is 10.1. The molecule has 13 heteroatoms. The Balaban J connectivity index is 0.00000432. The number of hydrogen-bond donors (Lipinski definition) is 3. The predicted octanol–water partition coefficient (Wildman–Crippen LogP) is 1.89. The molecule has 3 aromatic rings. The van der Waals surface area contributed by atoms with Gasteiger partial charge in [-0.1, -0.05) is 6.07 Å². The van der Waals surface area contributed by atoms with Crippen LogP contribution in [0.2, 0.25) is 0 Å². The minimum Gasteiger partial charge on any atom is -0.384 e. The van der Waals surface area contributed by atoms with Gasteiger partial charge in [-0.25, -0.2) is 17.8 Å². The zero-order chi connectivity index (χ0) is 25.2. The van der Waals surface area contributed by atoms with E-state index in [2.05, 4.69) is 15.0 Å². The van der Waals surface area contributed by atoms with Crippen LogP contribution in [0, 0.1) is 5.82 Å². The molecule has 0 unspecified atom stereocenters. The molecule has 1 aromatic carbocycles. The Hall–Kier alpha value is -3.22. The summed E-state index contributed by atoms with van der Waals surface area (Å²) in [7, 11) is 1.17. The normalized spacial score (nSPS) is 11.4. The third-order valence-corrected chi connectivity index (χ3v) is 6.51. The van der Waals surface area contributed by atoms with E-state index >= 15 is 0 Å². The predicted molar refractivity (Wildman–Crippen MR) is 138 cm³/mol. The molecule has 2 heterocycles. The standard InChI is InChI=1S/C22H27FN6O4S.ClH/c1-5-29-20(24)18(22(31)25-2)19(30)14-7-9-16(26-21(14)29)13-6-8-17(15(23)12-13)27-34(32,33)11-10-28(3)4;/h6-9,12,27H,5,10-11,24H2,1-4H3,(H,25,31);1H. The highest BCUT2D eigenvalue weighted by Gasteiger charge is 2.21. The van der Waals surface area contributed by atoms with Crippen molar-refractivity contribution in [3.05, 3.63) is 51.9 Å². The average molecular weight is 527 g/mol. The number of nitrogen functional groups attached to an aromatic ring is 1. The summed E-state index contributed by atoms with van der Waals surface area (Å²) in [5.41, 5.74) is 6.20. The van der Waals surface area contributed by atoms with Crippen LogP contribution in [0.5, 0.6) is 0 Å². The number of pyridine rings is 2. The fourth-order valence-corrected chi connectivity index (χ4v) is 4.64. The van der Waals surface area contributed by atoms with Crippen molar-refractivity contribution >= 4 is 50.9 Å². The molecule has 0 spiro atoms. The lowest BCUT2D eigenvalue weighted by Gasteiger charge is -2.16. The zero-order valence-electron chi connectivity index (χ0n) is 19.8. The van der Waals surface area contributed by atoms with E-state index in [0.29, 0.717) is 24.3 Å². The third kappa shape index (κ3) is 5.89. The second-order valence-electron chi connectivity index (χ2n) is 7.90. The maximum atomic E-state index is 14.7. The van der Waals surface area contributed by atoms with Crippen molar-refractivity contribution in [2.75, 3.05) is 43.9 Å². The van der Waals surface area contributed by atoms with E-state index in [1.54, 1.807) is 25.9 Å². The molecule has 0 fully saturated rings. The molecule has 10 nitrogen and oxygen atoms in total. The van der Waals surface area contributed by atoms with Gasteiger partial charge < -0.3 is 20.5 Å². The molecule has 2 aromatic heterocycles. The van der Waals surface area contributed by atoms with Crippen LogP contribution in [0.25, 0.3) is 22.3 Å². The lowest BCUT2D eigenvalue weighted by molar-refractivity contribution is 0.0962. The minimum absolute atomic E-state index is 0. The van der Waals surface area contributed by atoms with Gasteiger partial charge in [0.25, 0.3) is 5.91 Å². The Labute approximate surface area is 208 Å². The fourth-order valence-electron chi connectivity index (χ4n) is 3.44. The first kappa shape index (κ1) is 28.0. The summed E-state index contributed by atoms with van der Waals surface area (Å²) in [5.74, 6) is -1.56. The van der Waals surface area contributed by atoms with Crippen LogP contribution < -0.4 is 21.2 Å². The monoisotopic (exact) mass is 526 g/mol. The van der Waals surface area contributed by atoms with Gasteiger partial charge in [-0.15, -0.1) is 12.4 Å². The van der Waals surface area contributed by atoms with Crippen LogP contribution in [0.3, 0.4) is 0 Å². The average Bonchev–Trinajstić information content (AvgIpc) is 2.79. The summed E-state index contributed by atoms with van der Waals surface area (Å²) in [5, 5.41) is 2.61. The van der Waals surface area contributed by atoms with Crippen LogP contribution >= 0.6 is 12.4 Å². The number of carbonyl (C=O) groups is 1. The third-order valence-electron chi connectivity index (χ3n) is 5.26. The Morgan fingerprint density at radius 2 is 1.91 bits per heavy atom. The molecule has 0 bridgehead atoms. The Bertz CT molecular complexity index is 1430. The summed E-state index contributed by atoms with van der Waals surface area (Å²) >= 11 is 0. The van der Waals surface area contributed by atoms with Crippen LogP contribution in [0.15, 0.2) is 35.1 Å². The first-order chi connectivity index (χ1) is 16.0. The summed E-state index contributed by atoms with van der Waals surface area (Å²) in [4.78, 5) is 31.3. The van der Waals surface area contributed by atoms with Gasteiger partial charge in [0.2, 0.25) is 15.5 Å². The van der Waals surface area contributed by atoms with Crippen molar-refractivity contribution in [3.8, 4) is 11.3 Å². The number of nitrogens with zero attached hydrogens (tertiary/aromatic N) is 3. The van der Waals surface area contributed by atoms with Gasteiger partial charge in [0.05, 0.1) is 22.5 Å². The molecule has 190 valence electrons. The highest BCUT2D eigenvalue weighted by Crippen LogP contribution is 2.26. The molecule has 0 radical (unpaired) electrons. The first-order valence-electron chi connectivity index (χ1n) is 10.5. The lowest BCUT2D eigenvalue weighted by Crippen LogP contribution is -2.30. The zero-order valence-corrected chi connectivity index (χ0v) is 21.4. The van der Waals surface area contributed by atoms with E-state index in [0.717, 1.165) is 6.07 Å². The number of benzene rings is 1. The Kier molecular flexibility index (Phi) is 8.82. The van der Waals surface area contributed by atoms with Crippen molar-refractivity contribution in [1.29, 1.82) is 0 Å². The van der Waals surface area contributed by atoms with Gasteiger partial charge in [-0.2, -0.15) is 0 Å². The molecule has 3 rings (SSSR count). The van der Waals surface area contributed by atoms with Crippen molar-refractivity contribution in [3.63, 3.8) is 0 Å². The van der Waals surface area contributed by atoms with Crippen molar-refractivity contribution in [2.24, 2.45) is 0 Å². The number of rotatable bonds is 8. The molecule has 1 amide bonds. The number of aromatic nitrogens is 2. The van der Waals surface area contributed by atoms with Gasteiger partial charge in [-0.3, -0.25) is 14.3 Å². The SMILES string of the molecule is CCn1c(N)c(C(=O)NC)c(=O)c2ccc(-c3ccc(NS(=O)(=O)CCN(C)C)c(F)c3)nc21.Cl. The molecular formula is C22H28ClFN6O4S. The summed E-state index contributed by atoms with van der Waals surface area (Å²) in [6.45, 7) is 2.42. The molecule has 0 aliphatic heterocycles. The quantitative estimate of drug-likeness (QED) is 0.407. The number of nitrogens with two attached hydrogens (primary N) is 1. The smallest absolute Gasteiger partial charge is 0.258 e.